The monoisotopic (exact) mass is 448 g/mol. The van der Waals surface area contributed by atoms with E-state index in [1.807, 2.05) is 16.4 Å². The standard InChI is InChI=1S/C21H34N4OS.C4H10/c1-5-18(4)16-23-12-14-24(15-13-23)21-22-10-11-25(21)27(26)20-8-6-19(7-9-20)17(2)3;1-4(2)3/h6-9,17-18H,5,10-16H2,1-4H3;4H,1-3H3. The molecule has 2 heterocycles. The summed E-state index contributed by atoms with van der Waals surface area (Å²) in [5.74, 6) is 2.99. The van der Waals surface area contributed by atoms with Crippen LogP contribution in [-0.4, -0.2) is 70.1 Å². The van der Waals surface area contributed by atoms with Crippen LogP contribution in [-0.2, 0) is 11.0 Å². The molecule has 31 heavy (non-hydrogen) atoms. The molecule has 6 heteroatoms. The summed E-state index contributed by atoms with van der Waals surface area (Å²) in [5, 5.41) is 0. The zero-order chi connectivity index (χ0) is 23.0. The van der Waals surface area contributed by atoms with Crippen LogP contribution in [0, 0.1) is 11.8 Å². The second-order valence-corrected chi connectivity index (χ2v) is 11.2. The maximum atomic E-state index is 13.1. The lowest BCUT2D eigenvalue weighted by atomic mass is 10.0. The molecule has 0 N–H and O–H groups in total. The molecule has 3 rings (SSSR count). The fourth-order valence-electron chi connectivity index (χ4n) is 3.63. The highest BCUT2D eigenvalue weighted by molar-refractivity contribution is 7.83. The first-order valence-electron chi connectivity index (χ1n) is 12.0. The van der Waals surface area contributed by atoms with E-state index in [0.29, 0.717) is 5.92 Å². The van der Waals surface area contributed by atoms with Gasteiger partial charge in [-0.2, -0.15) is 0 Å². The molecular formula is C25H44N4OS. The largest absolute Gasteiger partial charge is 0.339 e. The van der Waals surface area contributed by atoms with E-state index in [1.54, 1.807) is 0 Å². The zero-order valence-electron chi connectivity index (χ0n) is 20.8. The lowest BCUT2D eigenvalue weighted by molar-refractivity contribution is 0.157. The quantitative estimate of drug-likeness (QED) is 0.626. The number of piperazine rings is 1. The molecule has 176 valence electrons. The molecule has 1 saturated heterocycles. The van der Waals surface area contributed by atoms with Gasteiger partial charge in [-0.15, -0.1) is 0 Å². The average molecular weight is 449 g/mol. The summed E-state index contributed by atoms with van der Waals surface area (Å²) >= 11 is 0. The van der Waals surface area contributed by atoms with Crippen molar-refractivity contribution in [1.82, 2.24) is 14.1 Å². The molecule has 2 unspecified atom stereocenters. The lowest BCUT2D eigenvalue weighted by Crippen LogP contribution is -2.53. The number of aliphatic imine (C=N–C) groups is 1. The molecule has 1 aromatic carbocycles. The Kier molecular flexibility index (Phi) is 10.5. The fraction of sp³-hybridized carbons (Fsp3) is 0.720. The molecule has 2 atom stereocenters. The third-order valence-electron chi connectivity index (χ3n) is 5.65. The molecule has 0 spiro atoms. The van der Waals surface area contributed by atoms with E-state index >= 15 is 0 Å². The molecule has 0 saturated carbocycles. The summed E-state index contributed by atoms with van der Waals surface area (Å²) in [4.78, 5) is 10.4. The highest BCUT2D eigenvalue weighted by Gasteiger charge is 2.30. The third-order valence-corrected chi connectivity index (χ3v) is 7.07. The van der Waals surface area contributed by atoms with Crippen LogP contribution in [0.15, 0.2) is 34.2 Å². The van der Waals surface area contributed by atoms with Gasteiger partial charge in [-0.25, -0.2) is 4.21 Å². The minimum absolute atomic E-state index is 0.489. The second-order valence-electron chi connectivity index (χ2n) is 9.79. The molecule has 2 aliphatic rings. The van der Waals surface area contributed by atoms with E-state index < -0.39 is 11.0 Å². The first-order valence-corrected chi connectivity index (χ1v) is 13.1. The molecule has 2 aliphatic heterocycles. The highest BCUT2D eigenvalue weighted by Crippen LogP contribution is 2.21. The summed E-state index contributed by atoms with van der Waals surface area (Å²) < 4.78 is 15.1. The van der Waals surface area contributed by atoms with Crippen LogP contribution >= 0.6 is 0 Å². The Morgan fingerprint density at radius 3 is 2.03 bits per heavy atom. The maximum Gasteiger partial charge on any atom is 0.209 e. The predicted molar refractivity (Wildman–Crippen MR) is 134 cm³/mol. The summed E-state index contributed by atoms with van der Waals surface area (Å²) in [6.45, 7) is 22.1. The maximum absolute atomic E-state index is 13.1. The fourth-order valence-corrected chi connectivity index (χ4v) is 4.82. The SMILES string of the molecule is CC(C)C.CCC(C)CN1CCN(C2=NCCN2S(=O)c2ccc(C(C)C)cc2)CC1. The Morgan fingerprint density at radius 2 is 1.52 bits per heavy atom. The van der Waals surface area contributed by atoms with Crippen LogP contribution in [0.4, 0.5) is 0 Å². The van der Waals surface area contributed by atoms with E-state index in [4.69, 9.17) is 4.99 Å². The third kappa shape index (κ3) is 7.90. The van der Waals surface area contributed by atoms with Gasteiger partial charge in [0.15, 0.2) is 11.0 Å². The van der Waals surface area contributed by atoms with Crippen LogP contribution in [0.25, 0.3) is 0 Å². The number of guanidine groups is 1. The van der Waals surface area contributed by atoms with Gasteiger partial charge < -0.3 is 4.90 Å². The molecule has 0 aromatic heterocycles. The molecule has 0 amide bonds. The number of benzene rings is 1. The summed E-state index contributed by atoms with van der Waals surface area (Å²) in [6.07, 6.45) is 1.23. The van der Waals surface area contributed by atoms with Gasteiger partial charge in [0.2, 0.25) is 5.96 Å². The minimum atomic E-state index is -1.18. The van der Waals surface area contributed by atoms with E-state index in [-0.39, 0.29) is 0 Å². The van der Waals surface area contributed by atoms with Gasteiger partial charge in [0.05, 0.1) is 18.0 Å². The van der Waals surface area contributed by atoms with E-state index in [9.17, 15) is 4.21 Å². The summed E-state index contributed by atoms with van der Waals surface area (Å²) in [7, 11) is -1.18. The number of nitrogens with zero attached hydrogens (tertiary/aromatic N) is 4. The van der Waals surface area contributed by atoms with Crippen LogP contribution in [0.2, 0.25) is 0 Å². The Morgan fingerprint density at radius 1 is 0.935 bits per heavy atom. The van der Waals surface area contributed by atoms with Crippen molar-refractivity contribution >= 4 is 16.9 Å². The van der Waals surface area contributed by atoms with Crippen molar-refractivity contribution in [2.45, 2.75) is 65.7 Å². The number of rotatable bonds is 6. The van der Waals surface area contributed by atoms with Crippen molar-refractivity contribution < 1.29 is 4.21 Å². The van der Waals surface area contributed by atoms with Crippen molar-refractivity contribution in [3.05, 3.63) is 29.8 Å². The van der Waals surface area contributed by atoms with Gasteiger partial charge in [0, 0.05) is 32.7 Å². The average Bonchev–Trinajstić information content (AvgIpc) is 3.23. The Balaban J connectivity index is 0.000000785. The van der Waals surface area contributed by atoms with Gasteiger partial charge in [-0.3, -0.25) is 14.2 Å². The minimum Gasteiger partial charge on any atom is -0.339 e. The van der Waals surface area contributed by atoms with Gasteiger partial charge in [-0.05, 0) is 35.4 Å². The van der Waals surface area contributed by atoms with Crippen LogP contribution < -0.4 is 0 Å². The molecule has 1 fully saturated rings. The predicted octanol–water partition coefficient (Wildman–Crippen LogP) is 4.83. The van der Waals surface area contributed by atoms with Gasteiger partial charge in [-0.1, -0.05) is 67.0 Å². The molecule has 0 bridgehead atoms. The molecular weight excluding hydrogens is 404 g/mol. The zero-order valence-corrected chi connectivity index (χ0v) is 21.6. The van der Waals surface area contributed by atoms with Crippen LogP contribution in [0.1, 0.15) is 66.4 Å². The molecule has 1 aromatic rings. The second kappa shape index (κ2) is 12.6. The Hall–Kier alpha value is -1.40. The molecule has 0 aliphatic carbocycles. The Labute approximate surface area is 193 Å². The van der Waals surface area contributed by atoms with Crippen molar-refractivity contribution in [2.75, 3.05) is 45.8 Å². The smallest absolute Gasteiger partial charge is 0.209 e. The van der Waals surface area contributed by atoms with Crippen molar-refractivity contribution in [2.24, 2.45) is 16.8 Å². The topological polar surface area (TPSA) is 39.1 Å². The number of hydrogen-bond donors (Lipinski definition) is 0. The van der Waals surface area contributed by atoms with Crippen molar-refractivity contribution in [3.8, 4) is 0 Å². The Bertz CT molecular complexity index is 706. The van der Waals surface area contributed by atoms with E-state index in [0.717, 1.165) is 62.0 Å². The van der Waals surface area contributed by atoms with Crippen LogP contribution in [0.5, 0.6) is 0 Å². The summed E-state index contributed by atoms with van der Waals surface area (Å²) in [5.41, 5.74) is 1.28. The van der Waals surface area contributed by atoms with E-state index in [2.05, 4.69) is 70.4 Å². The van der Waals surface area contributed by atoms with E-state index in [1.165, 1.54) is 18.5 Å². The van der Waals surface area contributed by atoms with Gasteiger partial charge in [0.25, 0.3) is 0 Å². The highest BCUT2D eigenvalue weighted by atomic mass is 32.2. The van der Waals surface area contributed by atoms with Crippen LogP contribution in [0.3, 0.4) is 0 Å². The molecule has 5 nitrogen and oxygen atoms in total. The summed E-state index contributed by atoms with van der Waals surface area (Å²) in [6, 6.07) is 8.20. The van der Waals surface area contributed by atoms with Crippen molar-refractivity contribution in [1.29, 1.82) is 0 Å². The lowest BCUT2D eigenvalue weighted by Gasteiger charge is -2.38. The number of hydrogen-bond acceptors (Lipinski definition) is 4. The first-order chi connectivity index (χ1) is 14.7. The first kappa shape index (κ1) is 25.9. The van der Waals surface area contributed by atoms with Crippen molar-refractivity contribution in [3.63, 3.8) is 0 Å². The van der Waals surface area contributed by atoms with Gasteiger partial charge >= 0.3 is 0 Å². The van der Waals surface area contributed by atoms with Gasteiger partial charge in [0.1, 0.15) is 0 Å². The normalized spacial score (nSPS) is 19.3. The molecule has 0 radical (unpaired) electrons.